The number of fused-ring (bicyclic) bond motifs is 4. The average molecular weight is 507 g/mol. The zero-order chi connectivity index (χ0) is 23.2. The largest absolute Gasteiger partial charge is 0.439 e. The summed E-state index contributed by atoms with van der Waals surface area (Å²) in [7, 11) is 3.93. The molecule has 0 aliphatic carbocycles. The van der Waals surface area contributed by atoms with E-state index in [4.69, 9.17) is 9.72 Å². The Labute approximate surface area is 200 Å². The molecule has 6 heteroatoms. The lowest BCUT2D eigenvalue weighted by Crippen LogP contribution is -2.38. The van der Waals surface area contributed by atoms with Crippen molar-refractivity contribution >= 4 is 26.8 Å². The zero-order valence-electron chi connectivity index (χ0n) is 18.4. The van der Waals surface area contributed by atoms with Gasteiger partial charge in [0.25, 0.3) is 0 Å². The number of hydrogen-bond donors (Lipinski definition) is 1. The molecule has 5 rings (SSSR count). The highest BCUT2D eigenvalue weighted by Crippen LogP contribution is 2.50. The van der Waals surface area contributed by atoms with Crippen molar-refractivity contribution in [2.45, 2.75) is 17.9 Å². The van der Waals surface area contributed by atoms with E-state index in [-0.39, 0.29) is 0 Å². The number of hydrogen-bond acceptors (Lipinski definition) is 4. The Morgan fingerprint density at radius 2 is 1.85 bits per heavy atom. The van der Waals surface area contributed by atoms with Gasteiger partial charge >= 0.3 is 0 Å². The molecule has 0 amide bonds. The summed E-state index contributed by atoms with van der Waals surface area (Å²) in [6, 6.07) is 22.1. The Hall–Kier alpha value is -2.80. The number of pyridine rings is 1. The van der Waals surface area contributed by atoms with E-state index in [1.165, 1.54) is 12.1 Å². The molecule has 2 heterocycles. The van der Waals surface area contributed by atoms with Crippen LogP contribution in [0.25, 0.3) is 10.9 Å². The summed E-state index contributed by atoms with van der Waals surface area (Å²) in [5, 5.41) is 13.3. The van der Waals surface area contributed by atoms with Crippen molar-refractivity contribution in [3.63, 3.8) is 0 Å². The van der Waals surface area contributed by atoms with E-state index < -0.39 is 17.3 Å². The number of aromatic nitrogens is 1. The normalized spacial score (nSPS) is 19.6. The number of nitrogens with zero attached hydrogens (tertiary/aromatic N) is 2. The second-order valence-corrected chi connectivity index (χ2v) is 9.73. The standard InChI is InChI=1S/C27H24BrFN2O2/c1-31(2)11-10-27(32)19-14-21(29)16-22(15-19)33-26-23(25(27)17-6-4-3-5-7-17)13-18-12-20(28)8-9-24(18)30-26/h3-9,12-16,25,32H,10-11H2,1-2H3. The molecule has 0 fully saturated rings. The summed E-state index contributed by atoms with van der Waals surface area (Å²) in [6.07, 6.45) is 0.401. The van der Waals surface area contributed by atoms with Crippen molar-refractivity contribution in [2.24, 2.45) is 0 Å². The van der Waals surface area contributed by atoms with E-state index in [1.807, 2.05) is 73.6 Å². The lowest BCUT2D eigenvalue weighted by atomic mass is 9.71. The van der Waals surface area contributed by atoms with Gasteiger partial charge in [0, 0.05) is 34.0 Å². The molecule has 1 aliphatic rings. The fourth-order valence-electron chi connectivity index (χ4n) is 4.63. The van der Waals surface area contributed by atoms with Gasteiger partial charge in [-0.1, -0.05) is 46.3 Å². The van der Waals surface area contributed by atoms with Crippen LogP contribution in [-0.4, -0.2) is 35.6 Å². The van der Waals surface area contributed by atoms with Crippen LogP contribution >= 0.6 is 15.9 Å². The molecular weight excluding hydrogens is 483 g/mol. The molecule has 168 valence electrons. The fourth-order valence-corrected chi connectivity index (χ4v) is 5.00. The second kappa shape index (κ2) is 8.52. The molecule has 33 heavy (non-hydrogen) atoms. The molecule has 4 aromatic rings. The molecule has 2 bridgehead atoms. The van der Waals surface area contributed by atoms with Crippen molar-refractivity contribution in [2.75, 3.05) is 20.6 Å². The Morgan fingerprint density at radius 1 is 1.06 bits per heavy atom. The third-order valence-electron chi connectivity index (χ3n) is 6.22. The summed E-state index contributed by atoms with van der Waals surface area (Å²) in [5.41, 5.74) is 1.54. The van der Waals surface area contributed by atoms with Crippen LogP contribution in [0.5, 0.6) is 11.6 Å². The third-order valence-corrected chi connectivity index (χ3v) is 6.71. The van der Waals surface area contributed by atoms with Gasteiger partial charge < -0.3 is 14.7 Å². The number of aliphatic hydroxyl groups is 1. The molecule has 0 spiro atoms. The van der Waals surface area contributed by atoms with Crippen LogP contribution in [0, 0.1) is 5.82 Å². The highest BCUT2D eigenvalue weighted by Gasteiger charge is 2.44. The molecule has 4 nitrogen and oxygen atoms in total. The Morgan fingerprint density at radius 3 is 2.61 bits per heavy atom. The number of ether oxygens (including phenoxy) is 1. The first-order valence-corrected chi connectivity index (χ1v) is 11.6. The lowest BCUT2D eigenvalue weighted by molar-refractivity contribution is 0.00267. The maximum absolute atomic E-state index is 14.7. The average Bonchev–Trinajstić information content (AvgIpc) is 2.78. The number of benzene rings is 3. The molecule has 2 atom stereocenters. The van der Waals surface area contributed by atoms with Gasteiger partial charge in [-0.2, -0.15) is 0 Å². The molecule has 1 aromatic heterocycles. The summed E-state index contributed by atoms with van der Waals surface area (Å²) >= 11 is 3.54. The van der Waals surface area contributed by atoms with Crippen LogP contribution < -0.4 is 4.74 Å². The molecule has 1 N–H and O–H groups in total. The molecule has 1 aliphatic heterocycles. The van der Waals surface area contributed by atoms with Crippen molar-refractivity contribution in [3.05, 3.63) is 99.8 Å². The topological polar surface area (TPSA) is 45.6 Å². The summed E-state index contributed by atoms with van der Waals surface area (Å²) in [6.45, 7) is 0.619. The minimum Gasteiger partial charge on any atom is -0.439 e. The molecule has 3 aromatic carbocycles. The molecule has 0 saturated carbocycles. The van der Waals surface area contributed by atoms with Crippen LogP contribution in [0.1, 0.15) is 29.0 Å². The highest BCUT2D eigenvalue weighted by atomic mass is 79.9. The third kappa shape index (κ3) is 4.14. The van der Waals surface area contributed by atoms with Crippen molar-refractivity contribution < 1.29 is 14.2 Å². The first-order valence-electron chi connectivity index (χ1n) is 10.8. The lowest BCUT2D eigenvalue weighted by Gasteiger charge is -2.40. The molecule has 0 saturated heterocycles. The second-order valence-electron chi connectivity index (χ2n) is 8.82. The number of halogens is 2. The van der Waals surface area contributed by atoms with Crippen LogP contribution in [0.3, 0.4) is 0 Å². The van der Waals surface area contributed by atoms with Gasteiger partial charge in [-0.15, -0.1) is 0 Å². The summed E-state index contributed by atoms with van der Waals surface area (Å²) in [4.78, 5) is 6.81. The summed E-state index contributed by atoms with van der Waals surface area (Å²) < 4.78 is 21.8. The molecule has 0 radical (unpaired) electrons. The quantitative estimate of drug-likeness (QED) is 0.357. The smallest absolute Gasteiger partial charge is 0.223 e. The van der Waals surface area contributed by atoms with Crippen molar-refractivity contribution in [3.8, 4) is 11.6 Å². The summed E-state index contributed by atoms with van der Waals surface area (Å²) in [5.74, 6) is -0.270. The van der Waals surface area contributed by atoms with Crippen LogP contribution in [-0.2, 0) is 5.60 Å². The molecular formula is C27H24BrFN2O2. The minimum absolute atomic E-state index is 0.324. The van der Waals surface area contributed by atoms with Crippen LogP contribution in [0.2, 0.25) is 0 Å². The van der Waals surface area contributed by atoms with E-state index in [9.17, 15) is 9.50 Å². The number of rotatable bonds is 4. The van der Waals surface area contributed by atoms with Crippen molar-refractivity contribution in [1.29, 1.82) is 0 Å². The predicted molar refractivity (Wildman–Crippen MR) is 131 cm³/mol. The van der Waals surface area contributed by atoms with E-state index in [1.54, 1.807) is 6.07 Å². The minimum atomic E-state index is -1.39. The van der Waals surface area contributed by atoms with Gasteiger partial charge in [0.1, 0.15) is 17.2 Å². The highest BCUT2D eigenvalue weighted by molar-refractivity contribution is 9.10. The van der Waals surface area contributed by atoms with Gasteiger partial charge in [-0.05, 0) is 68.0 Å². The first kappa shape index (κ1) is 22.0. The van der Waals surface area contributed by atoms with E-state index >= 15 is 0 Å². The zero-order valence-corrected chi connectivity index (χ0v) is 20.0. The van der Waals surface area contributed by atoms with E-state index in [0.717, 1.165) is 26.5 Å². The van der Waals surface area contributed by atoms with Gasteiger partial charge in [-0.25, -0.2) is 9.37 Å². The Balaban J connectivity index is 1.84. The van der Waals surface area contributed by atoms with Crippen molar-refractivity contribution in [1.82, 2.24) is 9.88 Å². The Bertz CT molecular complexity index is 1330. The molecule has 2 unspecified atom stereocenters. The first-order chi connectivity index (χ1) is 15.8. The SMILES string of the molecule is CN(C)CCC1(O)c2cc(F)cc(c2)Oc2nc3ccc(Br)cc3cc2C1c1ccccc1. The van der Waals surface area contributed by atoms with Gasteiger partial charge in [0.05, 0.1) is 5.52 Å². The predicted octanol–water partition coefficient (Wildman–Crippen LogP) is 6.21. The van der Waals surface area contributed by atoms with Gasteiger partial charge in [0.2, 0.25) is 5.88 Å². The van der Waals surface area contributed by atoms with Gasteiger partial charge in [0.15, 0.2) is 0 Å². The van der Waals surface area contributed by atoms with Crippen LogP contribution in [0.4, 0.5) is 4.39 Å². The monoisotopic (exact) mass is 506 g/mol. The van der Waals surface area contributed by atoms with E-state index in [0.29, 0.717) is 30.2 Å². The maximum Gasteiger partial charge on any atom is 0.223 e. The van der Waals surface area contributed by atoms with Gasteiger partial charge in [-0.3, -0.25) is 0 Å². The fraction of sp³-hybridized carbons (Fsp3) is 0.222. The van der Waals surface area contributed by atoms with E-state index in [2.05, 4.69) is 15.9 Å². The maximum atomic E-state index is 14.7. The van der Waals surface area contributed by atoms with Crippen LogP contribution in [0.15, 0.2) is 77.3 Å². The Kier molecular flexibility index (Phi) is 5.69.